The van der Waals surface area contributed by atoms with Gasteiger partial charge in [-0.15, -0.1) is 10.2 Å². The minimum Gasteiger partial charge on any atom is -0.318 e. The van der Waals surface area contributed by atoms with Gasteiger partial charge in [-0.1, -0.05) is 23.1 Å². The van der Waals surface area contributed by atoms with Crippen LogP contribution < -0.4 is 0 Å². The van der Waals surface area contributed by atoms with E-state index in [0.717, 1.165) is 21.4 Å². The average Bonchev–Trinajstić information content (AvgIpc) is 3.14. The second-order valence-electron chi connectivity index (χ2n) is 5.01. The highest BCUT2D eigenvalue weighted by Crippen LogP contribution is 2.25. The highest BCUT2D eigenvalue weighted by Gasteiger charge is 2.17. The third-order valence-corrected chi connectivity index (χ3v) is 5.34. The van der Waals surface area contributed by atoms with Crippen LogP contribution in [0, 0.1) is 19.7 Å². The fourth-order valence-electron chi connectivity index (χ4n) is 2.46. The second kappa shape index (κ2) is 6.64. The fourth-order valence-corrected chi connectivity index (χ4v) is 3.84. The lowest BCUT2D eigenvalue weighted by atomic mass is 10.2. The largest absolute Gasteiger partial charge is 0.318 e. The SMILES string of the molecule is Cc1cc(C(=O)CSc2nncs2)c(C)n1-c1ccc(F)cc1. The van der Waals surface area contributed by atoms with Crippen LogP contribution in [0.2, 0.25) is 0 Å². The van der Waals surface area contributed by atoms with Crippen LogP contribution in [0.1, 0.15) is 21.7 Å². The highest BCUT2D eigenvalue weighted by atomic mass is 32.2. The van der Waals surface area contributed by atoms with E-state index < -0.39 is 0 Å². The van der Waals surface area contributed by atoms with Crippen molar-refractivity contribution in [2.75, 3.05) is 5.75 Å². The Hall–Kier alpha value is -1.99. The lowest BCUT2D eigenvalue weighted by molar-refractivity contribution is 0.102. The zero-order valence-corrected chi connectivity index (χ0v) is 14.2. The smallest absolute Gasteiger partial charge is 0.174 e. The molecule has 0 aliphatic carbocycles. The summed E-state index contributed by atoms with van der Waals surface area (Å²) >= 11 is 2.81. The molecule has 23 heavy (non-hydrogen) atoms. The number of aromatic nitrogens is 3. The number of aryl methyl sites for hydroxylation is 1. The van der Waals surface area contributed by atoms with Crippen molar-refractivity contribution in [1.82, 2.24) is 14.8 Å². The monoisotopic (exact) mass is 347 g/mol. The Bertz CT molecular complexity index is 826. The topological polar surface area (TPSA) is 47.8 Å². The fraction of sp³-hybridized carbons (Fsp3) is 0.188. The van der Waals surface area contributed by atoms with Crippen molar-refractivity contribution in [2.45, 2.75) is 18.2 Å². The van der Waals surface area contributed by atoms with Gasteiger partial charge in [-0.05, 0) is 44.2 Å². The molecule has 0 saturated carbocycles. The number of thioether (sulfide) groups is 1. The van der Waals surface area contributed by atoms with E-state index in [1.807, 2.05) is 24.5 Å². The molecule has 2 heterocycles. The van der Waals surface area contributed by atoms with Crippen LogP contribution in [-0.2, 0) is 0 Å². The maximum Gasteiger partial charge on any atom is 0.174 e. The van der Waals surface area contributed by atoms with E-state index in [2.05, 4.69) is 10.2 Å². The first-order chi connectivity index (χ1) is 11.1. The van der Waals surface area contributed by atoms with Crippen molar-refractivity contribution in [2.24, 2.45) is 0 Å². The van der Waals surface area contributed by atoms with Gasteiger partial charge in [-0.25, -0.2) is 4.39 Å². The van der Waals surface area contributed by atoms with Crippen molar-refractivity contribution in [3.05, 3.63) is 58.6 Å². The van der Waals surface area contributed by atoms with Gasteiger partial charge in [-0.2, -0.15) is 0 Å². The van der Waals surface area contributed by atoms with Crippen LogP contribution in [0.4, 0.5) is 4.39 Å². The number of ketones is 1. The summed E-state index contributed by atoms with van der Waals surface area (Å²) in [6.07, 6.45) is 0. The number of hydrogen-bond acceptors (Lipinski definition) is 5. The molecule has 0 aliphatic heterocycles. The summed E-state index contributed by atoms with van der Waals surface area (Å²) in [5, 5.41) is 7.68. The number of carbonyl (C=O) groups is 1. The summed E-state index contributed by atoms with van der Waals surface area (Å²) in [7, 11) is 0. The molecule has 0 spiro atoms. The lowest BCUT2D eigenvalue weighted by Crippen LogP contribution is -2.05. The Morgan fingerprint density at radius 2 is 2.04 bits per heavy atom. The maximum absolute atomic E-state index is 13.1. The maximum atomic E-state index is 13.1. The summed E-state index contributed by atoms with van der Waals surface area (Å²) in [5.41, 5.74) is 4.98. The van der Waals surface area contributed by atoms with Crippen molar-refractivity contribution in [3.63, 3.8) is 0 Å². The van der Waals surface area contributed by atoms with Crippen LogP contribution in [0.5, 0.6) is 0 Å². The summed E-state index contributed by atoms with van der Waals surface area (Å²) in [6.45, 7) is 3.84. The number of carbonyl (C=O) groups excluding carboxylic acids is 1. The standard InChI is InChI=1S/C16H14FN3OS2/c1-10-7-14(15(21)8-22-16-19-18-9-23-16)11(2)20(10)13-5-3-12(17)4-6-13/h3-7,9H,8H2,1-2H3. The van der Waals surface area contributed by atoms with Crippen LogP contribution in [-0.4, -0.2) is 26.3 Å². The molecule has 3 rings (SSSR count). The number of hydrogen-bond donors (Lipinski definition) is 0. The minimum absolute atomic E-state index is 0.0478. The molecule has 0 radical (unpaired) electrons. The van der Waals surface area contributed by atoms with E-state index in [1.54, 1.807) is 17.6 Å². The summed E-state index contributed by atoms with van der Waals surface area (Å²) < 4.78 is 15.8. The molecular formula is C16H14FN3OS2. The molecule has 2 aromatic heterocycles. The van der Waals surface area contributed by atoms with Gasteiger partial charge in [0.1, 0.15) is 11.3 Å². The molecule has 4 nitrogen and oxygen atoms in total. The van der Waals surface area contributed by atoms with Gasteiger partial charge < -0.3 is 4.57 Å². The third-order valence-electron chi connectivity index (χ3n) is 3.48. The quantitative estimate of drug-likeness (QED) is 0.516. The summed E-state index contributed by atoms with van der Waals surface area (Å²) in [5.74, 6) is 0.0933. The predicted molar refractivity (Wildman–Crippen MR) is 90.2 cm³/mol. The molecule has 0 atom stereocenters. The van der Waals surface area contributed by atoms with E-state index in [0.29, 0.717) is 11.3 Å². The van der Waals surface area contributed by atoms with Gasteiger partial charge >= 0.3 is 0 Å². The Morgan fingerprint density at radius 1 is 1.30 bits per heavy atom. The van der Waals surface area contributed by atoms with Gasteiger partial charge in [0, 0.05) is 22.6 Å². The van der Waals surface area contributed by atoms with Crippen molar-refractivity contribution < 1.29 is 9.18 Å². The first-order valence-electron chi connectivity index (χ1n) is 6.93. The first kappa shape index (κ1) is 15.9. The average molecular weight is 347 g/mol. The molecule has 0 N–H and O–H groups in total. The molecule has 118 valence electrons. The molecule has 0 unspecified atom stereocenters. The third kappa shape index (κ3) is 3.35. The van der Waals surface area contributed by atoms with Gasteiger partial charge in [0.05, 0.1) is 5.75 Å². The highest BCUT2D eigenvalue weighted by molar-refractivity contribution is 8.01. The van der Waals surface area contributed by atoms with E-state index in [9.17, 15) is 9.18 Å². The Kier molecular flexibility index (Phi) is 4.58. The zero-order valence-electron chi connectivity index (χ0n) is 12.6. The zero-order chi connectivity index (χ0) is 16.4. The number of rotatable bonds is 5. The number of nitrogens with zero attached hydrogens (tertiary/aromatic N) is 3. The molecular weight excluding hydrogens is 333 g/mol. The molecule has 7 heteroatoms. The molecule has 0 saturated heterocycles. The Morgan fingerprint density at radius 3 is 2.70 bits per heavy atom. The Labute approximate surface area is 141 Å². The van der Waals surface area contributed by atoms with Crippen LogP contribution in [0.15, 0.2) is 40.2 Å². The van der Waals surface area contributed by atoms with Crippen LogP contribution in [0.3, 0.4) is 0 Å². The van der Waals surface area contributed by atoms with Gasteiger partial charge in [-0.3, -0.25) is 4.79 Å². The van der Waals surface area contributed by atoms with E-state index in [-0.39, 0.29) is 11.6 Å². The molecule has 1 aromatic carbocycles. The molecule has 0 aliphatic rings. The van der Waals surface area contributed by atoms with Gasteiger partial charge in [0.25, 0.3) is 0 Å². The number of Topliss-reactive ketones (excluding diaryl/α,β-unsaturated/α-hetero) is 1. The summed E-state index contributed by atoms with van der Waals surface area (Å²) in [6, 6.07) is 8.13. The van der Waals surface area contributed by atoms with Gasteiger partial charge in [0.15, 0.2) is 10.1 Å². The molecule has 0 fully saturated rings. The number of benzene rings is 1. The van der Waals surface area contributed by atoms with E-state index in [1.165, 1.54) is 35.2 Å². The molecule has 0 bridgehead atoms. The van der Waals surface area contributed by atoms with E-state index in [4.69, 9.17) is 0 Å². The van der Waals surface area contributed by atoms with Crippen LogP contribution in [0.25, 0.3) is 5.69 Å². The van der Waals surface area contributed by atoms with Crippen LogP contribution >= 0.6 is 23.1 Å². The van der Waals surface area contributed by atoms with E-state index >= 15 is 0 Å². The normalized spacial score (nSPS) is 10.9. The van der Waals surface area contributed by atoms with Crippen molar-refractivity contribution in [1.29, 1.82) is 0 Å². The Balaban J connectivity index is 1.85. The molecule has 0 amide bonds. The van der Waals surface area contributed by atoms with Gasteiger partial charge in [0.2, 0.25) is 0 Å². The molecule has 3 aromatic rings. The second-order valence-corrected chi connectivity index (χ2v) is 7.07. The lowest BCUT2D eigenvalue weighted by Gasteiger charge is -2.09. The summed E-state index contributed by atoms with van der Waals surface area (Å²) in [4.78, 5) is 12.5. The minimum atomic E-state index is -0.277. The van der Waals surface area contributed by atoms with Crippen molar-refractivity contribution >= 4 is 28.9 Å². The number of halogens is 1. The van der Waals surface area contributed by atoms with Crippen molar-refractivity contribution in [3.8, 4) is 5.69 Å². The first-order valence-corrected chi connectivity index (χ1v) is 8.80. The predicted octanol–water partition coefficient (Wildman–Crippen LogP) is 4.06.